The number of carboxylic acids is 1. The van der Waals surface area contributed by atoms with E-state index in [1.165, 1.54) is 11.3 Å². The van der Waals surface area contributed by atoms with Gasteiger partial charge in [-0.05, 0) is 35.7 Å². The smallest absolute Gasteiger partial charge is 0.416 e. The number of hydrogen-bond donors (Lipinski definition) is 2. The summed E-state index contributed by atoms with van der Waals surface area (Å²) >= 11 is 1.23. The highest BCUT2D eigenvalue weighted by molar-refractivity contribution is 7.13. The Bertz CT molecular complexity index is 947. The zero-order valence-corrected chi connectivity index (χ0v) is 13.5. The summed E-state index contributed by atoms with van der Waals surface area (Å²) < 4.78 is 42.6. The Kier molecular flexibility index (Phi) is 4.51. The number of rotatable bonds is 4. The Morgan fingerprint density at radius 2 is 1.85 bits per heavy atom. The molecule has 0 aliphatic rings. The lowest BCUT2D eigenvalue weighted by atomic mass is 10.1. The molecule has 0 fully saturated rings. The van der Waals surface area contributed by atoms with Crippen LogP contribution in [0.2, 0.25) is 0 Å². The van der Waals surface area contributed by atoms with E-state index in [0.717, 1.165) is 24.3 Å². The van der Waals surface area contributed by atoms with Gasteiger partial charge >= 0.3 is 12.1 Å². The van der Waals surface area contributed by atoms with Crippen LogP contribution in [0, 0.1) is 0 Å². The summed E-state index contributed by atoms with van der Waals surface area (Å²) in [6.07, 6.45) is -4.52. The fourth-order valence-electron chi connectivity index (χ4n) is 2.14. The van der Waals surface area contributed by atoms with Crippen LogP contribution < -0.4 is 5.32 Å². The van der Waals surface area contributed by atoms with Crippen LogP contribution in [0.1, 0.15) is 26.3 Å². The predicted molar refractivity (Wildman–Crippen MR) is 86.2 cm³/mol. The number of thiophene rings is 1. The minimum atomic E-state index is -4.52. The van der Waals surface area contributed by atoms with Crippen molar-refractivity contribution in [2.75, 3.05) is 5.32 Å². The molecule has 0 bridgehead atoms. The Hall–Kier alpha value is -3.14. The van der Waals surface area contributed by atoms with Crippen LogP contribution in [-0.4, -0.2) is 22.1 Å². The summed E-state index contributed by atoms with van der Waals surface area (Å²) in [7, 11) is 0. The molecule has 3 aromatic rings. The number of nitrogens with zero attached hydrogens (tertiary/aromatic N) is 1. The second-order valence-electron chi connectivity index (χ2n) is 5.05. The van der Waals surface area contributed by atoms with Gasteiger partial charge in [0.15, 0.2) is 5.56 Å². The highest BCUT2D eigenvalue weighted by Crippen LogP contribution is 2.32. The van der Waals surface area contributed by atoms with Gasteiger partial charge in [0.2, 0.25) is 5.88 Å². The first kappa shape index (κ1) is 17.7. The molecule has 2 aromatic heterocycles. The molecule has 1 amide bonds. The van der Waals surface area contributed by atoms with E-state index < -0.39 is 29.5 Å². The van der Waals surface area contributed by atoms with Gasteiger partial charge in [0, 0.05) is 5.56 Å². The molecule has 0 aliphatic heterocycles. The molecule has 0 radical (unpaired) electrons. The first-order valence-electron chi connectivity index (χ1n) is 7.03. The van der Waals surface area contributed by atoms with E-state index in [1.807, 2.05) is 0 Å². The van der Waals surface area contributed by atoms with Crippen molar-refractivity contribution in [1.29, 1.82) is 0 Å². The number of aromatic nitrogens is 1. The van der Waals surface area contributed by atoms with Crippen LogP contribution in [-0.2, 0) is 6.18 Å². The number of halogens is 3. The second kappa shape index (κ2) is 6.64. The third kappa shape index (κ3) is 3.45. The Balaban J connectivity index is 1.87. The fourth-order valence-corrected chi connectivity index (χ4v) is 2.85. The number of nitrogens with one attached hydrogen (secondary N) is 1. The summed E-state index contributed by atoms with van der Waals surface area (Å²) in [4.78, 5) is 24.2. The number of aromatic carboxylic acids is 1. The van der Waals surface area contributed by atoms with Gasteiger partial charge in [-0.3, -0.25) is 10.1 Å². The average Bonchev–Trinajstić information content (AvgIpc) is 3.23. The van der Waals surface area contributed by atoms with Crippen LogP contribution in [0.4, 0.5) is 19.1 Å². The summed E-state index contributed by atoms with van der Waals surface area (Å²) in [5.74, 6) is -2.58. The monoisotopic (exact) mass is 382 g/mol. The minimum Gasteiger partial charge on any atom is -0.477 e. The SMILES string of the molecule is O=C(Nc1onc(-c2cccs2)c1C(=O)O)c1ccc(C(F)(F)F)cc1. The van der Waals surface area contributed by atoms with Gasteiger partial charge in [-0.15, -0.1) is 11.3 Å². The number of carboxylic acid groups (broad SMARTS) is 1. The van der Waals surface area contributed by atoms with Crippen molar-refractivity contribution in [3.63, 3.8) is 0 Å². The molecular formula is C16H9F3N2O4S. The van der Waals surface area contributed by atoms with Crippen molar-refractivity contribution < 1.29 is 32.4 Å². The molecule has 0 aliphatic carbocycles. The number of amides is 1. The van der Waals surface area contributed by atoms with Crippen molar-refractivity contribution in [1.82, 2.24) is 5.16 Å². The quantitative estimate of drug-likeness (QED) is 0.699. The van der Waals surface area contributed by atoms with Crippen LogP contribution in [0.15, 0.2) is 46.3 Å². The molecule has 134 valence electrons. The number of carbonyl (C=O) groups excluding carboxylic acids is 1. The molecular weight excluding hydrogens is 373 g/mol. The number of hydrogen-bond acceptors (Lipinski definition) is 5. The maximum atomic E-state index is 12.6. The maximum absolute atomic E-state index is 12.6. The molecule has 26 heavy (non-hydrogen) atoms. The number of anilines is 1. The zero-order chi connectivity index (χ0) is 18.9. The Morgan fingerprint density at radius 1 is 1.15 bits per heavy atom. The molecule has 2 heterocycles. The van der Waals surface area contributed by atoms with E-state index in [-0.39, 0.29) is 16.8 Å². The summed E-state index contributed by atoms with van der Waals surface area (Å²) in [6, 6.07) is 6.80. The van der Waals surface area contributed by atoms with Crippen LogP contribution in [0.25, 0.3) is 10.6 Å². The topological polar surface area (TPSA) is 92.4 Å². The first-order chi connectivity index (χ1) is 12.3. The van der Waals surface area contributed by atoms with Crippen molar-refractivity contribution in [3.8, 4) is 10.6 Å². The summed E-state index contributed by atoms with van der Waals surface area (Å²) in [5, 5.41) is 17.0. The van der Waals surface area contributed by atoms with E-state index in [1.54, 1.807) is 17.5 Å². The van der Waals surface area contributed by atoms with E-state index in [4.69, 9.17) is 4.52 Å². The Morgan fingerprint density at radius 3 is 2.38 bits per heavy atom. The van der Waals surface area contributed by atoms with Gasteiger partial charge in [0.1, 0.15) is 5.69 Å². The third-order valence-electron chi connectivity index (χ3n) is 3.36. The Labute approximate surface area is 147 Å². The van der Waals surface area contributed by atoms with Gasteiger partial charge in [-0.2, -0.15) is 13.2 Å². The zero-order valence-electron chi connectivity index (χ0n) is 12.7. The van der Waals surface area contributed by atoms with Crippen molar-refractivity contribution in [3.05, 3.63) is 58.5 Å². The maximum Gasteiger partial charge on any atom is 0.416 e. The normalized spacial score (nSPS) is 11.3. The highest BCUT2D eigenvalue weighted by atomic mass is 32.1. The lowest BCUT2D eigenvalue weighted by Crippen LogP contribution is -2.14. The molecule has 1 aromatic carbocycles. The number of benzene rings is 1. The van der Waals surface area contributed by atoms with Gasteiger partial charge in [0.05, 0.1) is 10.4 Å². The predicted octanol–water partition coefficient (Wildman–Crippen LogP) is 4.37. The summed E-state index contributed by atoms with van der Waals surface area (Å²) in [5.41, 5.74) is -1.29. The first-order valence-corrected chi connectivity index (χ1v) is 7.91. The largest absolute Gasteiger partial charge is 0.477 e. The van der Waals surface area contributed by atoms with Crippen LogP contribution in [0.3, 0.4) is 0 Å². The molecule has 6 nitrogen and oxygen atoms in total. The molecule has 0 atom stereocenters. The lowest BCUT2D eigenvalue weighted by molar-refractivity contribution is -0.137. The molecule has 0 saturated carbocycles. The van der Waals surface area contributed by atoms with Crippen molar-refractivity contribution >= 4 is 29.1 Å². The second-order valence-corrected chi connectivity index (χ2v) is 5.99. The third-order valence-corrected chi connectivity index (χ3v) is 4.24. The molecule has 0 unspecified atom stereocenters. The highest BCUT2D eigenvalue weighted by Gasteiger charge is 2.30. The van der Waals surface area contributed by atoms with Gasteiger partial charge in [-0.1, -0.05) is 11.2 Å². The van der Waals surface area contributed by atoms with Crippen molar-refractivity contribution in [2.45, 2.75) is 6.18 Å². The minimum absolute atomic E-state index is 0.0511. The van der Waals surface area contributed by atoms with Gasteiger partial charge in [0.25, 0.3) is 5.91 Å². The molecule has 0 saturated heterocycles. The standard InChI is InChI=1S/C16H9F3N2O4S/c17-16(18,19)9-5-3-8(4-6-9)13(22)20-14-11(15(23)24)12(21-25-14)10-2-1-7-26-10/h1-7H,(H,20,22)(H,23,24). The summed E-state index contributed by atoms with van der Waals surface area (Å²) in [6.45, 7) is 0. The average molecular weight is 382 g/mol. The van der Waals surface area contributed by atoms with Crippen molar-refractivity contribution in [2.24, 2.45) is 0 Å². The van der Waals surface area contributed by atoms with Gasteiger partial charge in [-0.25, -0.2) is 4.79 Å². The molecule has 10 heteroatoms. The lowest BCUT2D eigenvalue weighted by Gasteiger charge is -2.07. The van der Waals surface area contributed by atoms with E-state index in [0.29, 0.717) is 4.88 Å². The fraction of sp³-hybridized carbons (Fsp3) is 0.0625. The van der Waals surface area contributed by atoms with E-state index in [9.17, 15) is 27.9 Å². The van der Waals surface area contributed by atoms with Gasteiger partial charge < -0.3 is 9.63 Å². The molecule has 0 spiro atoms. The molecule has 2 N–H and O–H groups in total. The van der Waals surface area contributed by atoms with E-state index >= 15 is 0 Å². The number of carbonyl (C=O) groups is 2. The number of alkyl halides is 3. The van der Waals surface area contributed by atoms with Crippen LogP contribution in [0.5, 0.6) is 0 Å². The van der Waals surface area contributed by atoms with E-state index in [2.05, 4.69) is 10.5 Å². The molecule has 3 rings (SSSR count). The van der Waals surface area contributed by atoms with Crippen LogP contribution >= 0.6 is 11.3 Å².